The molecule has 1 rings (SSSR count). The molecule has 0 aliphatic rings. The van der Waals surface area contributed by atoms with Crippen molar-refractivity contribution in [2.75, 3.05) is 6.54 Å². The van der Waals surface area contributed by atoms with Gasteiger partial charge in [0.2, 0.25) is 0 Å². The van der Waals surface area contributed by atoms with Crippen molar-refractivity contribution in [2.24, 2.45) is 5.84 Å². The van der Waals surface area contributed by atoms with Crippen molar-refractivity contribution >= 4 is 5.97 Å². The summed E-state index contributed by atoms with van der Waals surface area (Å²) in [5.74, 6) is 4.16. The maximum Gasteiger partial charge on any atom is 0.335 e. The molecule has 0 spiro atoms. The fourth-order valence-electron chi connectivity index (χ4n) is 1.29. The summed E-state index contributed by atoms with van der Waals surface area (Å²) in [6.07, 6.45) is 3.75. The lowest BCUT2D eigenvalue weighted by Crippen LogP contribution is -2.22. The van der Waals surface area contributed by atoms with E-state index in [1.165, 1.54) is 19.3 Å². The quantitative estimate of drug-likeness (QED) is 0.418. The first-order valence-electron chi connectivity index (χ1n) is 5.85. The number of hydrazine groups is 1. The summed E-state index contributed by atoms with van der Waals surface area (Å²) in [5, 5.41) is 8.57. The first kappa shape index (κ1) is 15.6. The first-order chi connectivity index (χ1) is 8.13. The van der Waals surface area contributed by atoms with Gasteiger partial charge in [-0.25, -0.2) is 4.79 Å². The van der Waals surface area contributed by atoms with Crippen molar-refractivity contribution in [3.63, 3.8) is 0 Å². The summed E-state index contributed by atoms with van der Waals surface area (Å²) in [6.45, 7) is 4.91. The molecule has 0 aliphatic carbocycles. The van der Waals surface area contributed by atoms with Crippen LogP contribution in [0.4, 0.5) is 0 Å². The topological polar surface area (TPSA) is 75.3 Å². The second kappa shape index (κ2) is 9.81. The molecule has 0 atom stereocenters. The third-order valence-electron chi connectivity index (χ3n) is 2.30. The molecule has 0 aliphatic heterocycles. The van der Waals surface area contributed by atoms with E-state index in [0.717, 1.165) is 12.1 Å². The van der Waals surface area contributed by atoms with Crippen molar-refractivity contribution in [1.29, 1.82) is 0 Å². The van der Waals surface area contributed by atoms with E-state index in [9.17, 15) is 4.79 Å². The Balaban J connectivity index is 0.000000325. The van der Waals surface area contributed by atoms with Gasteiger partial charge in [0.25, 0.3) is 0 Å². The summed E-state index contributed by atoms with van der Waals surface area (Å²) in [7, 11) is 0. The van der Waals surface area contributed by atoms with Crippen molar-refractivity contribution < 1.29 is 9.90 Å². The third-order valence-corrected chi connectivity index (χ3v) is 2.30. The predicted molar refractivity (Wildman–Crippen MR) is 69.9 cm³/mol. The number of hydrogen-bond donors (Lipinski definition) is 3. The summed E-state index contributed by atoms with van der Waals surface area (Å²) in [5.41, 5.74) is 3.78. The number of aryl methyl sites for hydroxylation is 1. The van der Waals surface area contributed by atoms with E-state index in [2.05, 4.69) is 12.3 Å². The highest BCUT2D eigenvalue weighted by Gasteiger charge is 2.02. The minimum absolute atomic E-state index is 0.377. The Morgan fingerprint density at radius 3 is 2.41 bits per heavy atom. The Hall–Kier alpha value is -1.39. The second-order valence-corrected chi connectivity index (χ2v) is 3.78. The smallest absolute Gasteiger partial charge is 0.335 e. The molecule has 0 fully saturated rings. The molecule has 0 bridgehead atoms. The molecule has 4 N–H and O–H groups in total. The van der Waals surface area contributed by atoms with Gasteiger partial charge in [-0.05, 0) is 25.0 Å². The summed E-state index contributed by atoms with van der Waals surface area (Å²) < 4.78 is 0. The highest BCUT2D eigenvalue weighted by molar-refractivity contribution is 5.89. The monoisotopic (exact) mass is 238 g/mol. The standard InChI is InChI=1S/C8H8O2.C5H14N2/c1-6-4-2-3-5-7(6)8(9)10;1-2-3-4-5-7-6/h2-5H,1H3,(H,9,10);7H,2-6H2,1H3. The number of carboxylic acid groups (broad SMARTS) is 1. The van der Waals surface area contributed by atoms with Crippen LogP contribution in [0.15, 0.2) is 24.3 Å². The maximum atomic E-state index is 10.4. The largest absolute Gasteiger partial charge is 0.478 e. The fraction of sp³-hybridized carbons (Fsp3) is 0.462. The number of carbonyl (C=O) groups is 1. The van der Waals surface area contributed by atoms with Gasteiger partial charge in [0, 0.05) is 6.54 Å². The molecule has 0 radical (unpaired) electrons. The number of aromatic carboxylic acids is 1. The van der Waals surface area contributed by atoms with E-state index in [-0.39, 0.29) is 0 Å². The number of nitrogens with one attached hydrogen (secondary N) is 1. The lowest BCUT2D eigenvalue weighted by molar-refractivity contribution is 0.0696. The highest BCUT2D eigenvalue weighted by atomic mass is 16.4. The Labute approximate surface area is 103 Å². The molecule has 96 valence electrons. The molecule has 0 aromatic heterocycles. The Kier molecular flexibility index (Phi) is 9.01. The van der Waals surface area contributed by atoms with E-state index < -0.39 is 5.97 Å². The van der Waals surface area contributed by atoms with Gasteiger partial charge in [0.1, 0.15) is 0 Å². The predicted octanol–water partition coefficient (Wildman–Crippen LogP) is 2.33. The second-order valence-electron chi connectivity index (χ2n) is 3.78. The molecular weight excluding hydrogens is 216 g/mol. The van der Waals surface area contributed by atoms with Gasteiger partial charge in [-0.3, -0.25) is 11.3 Å². The third kappa shape index (κ3) is 7.49. The van der Waals surface area contributed by atoms with Crippen molar-refractivity contribution in [3.05, 3.63) is 35.4 Å². The van der Waals surface area contributed by atoms with Crippen LogP contribution in [0.3, 0.4) is 0 Å². The zero-order chi connectivity index (χ0) is 13.1. The van der Waals surface area contributed by atoms with Gasteiger partial charge in [-0.15, -0.1) is 0 Å². The average Bonchev–Trinajstić information content (AvgIpc) is 2.31. The molecule has 0 saturated heterocycles. The van der Waals surface area contributed by atoms with Gasteiger partial charge >= 0.3 is 5.97 Å². The summed E-state index contributed by atoms with van der Waals surface area (Å²) in [4.78, 5) is 10.4. The minimum atomic E-state index is -0.863. The molecule has 0 unspecified atom stereocenters. The van der Waals surface area contributed by atoms with Crippen molar-refractivity contribution in [2.45, 2.75) is 33.1 Å². The van der Waals surface area contributed by atoms with Gasteiger partial charge in [-0.2, -0.15) is 0 Å². The van der Waals surface area contributed by atoms with E-state index in [1.807, 2.05) is 6.07 Å². The summed E-state index contributed by atoms with van der Waals surface area (Å²) in [6, 6.07) is 6.92. The van der Waals surface area contributed by atoms with Crippen LogP contribution >= 0.6 is 0 Å². The Bertz CT molecular complexity index is 323. The highest BCUT2D eigenvalue weighted by Crippen LogP contribution is 2.05. The van der Waals surface area contributed by atoms with E-state index >= 15 is 0 Å². The molecular formula is C13H22N2O2. The Morgan fingerprint density at radius 2 is 2.00 bits per heavy atom. The zero-order valence-electron chi connectivity index (χ0n) is 10.6. The molecule has 0 saturated carbocycles. The van der Waals surface area contributed by atoms with Crippen LogP contribution in [0.1, 0.15) is 42.1 Å². The number of nitrogens with two attached hydrogens (primary N) is 1. The average molecular weight is 238 g/mol. The lowest BCUT2D eigenvalue weighted by Gasteiger charge is -1.96. The van der Waals surface area contributed by atoms with E-state index in [1.54, 1.807) is 25.1 Å². The van der Waals surface area contributed by atoms with Crippen LogP contribution in [0, 0.1) is 6.92 Å². The van der Waals surface area contributed by atoms with Gasteiger partial charge in [-0.1, -0.05) is 38.0 Å². The van der Waals surface area contributed by atoms with Crippen molar-refractivity contribution in [1.82, 2.24) is 5.43 Å². The maximum absolute atomic E-state index is 10.4. The number of unbranched alkanes of at least 4 members (excludes halogenated alkanes) is 2. The van der Waals surface area contributed by atoms with Crippen molar-refractivity contribution in [3.8, 4) is 0 Å². The molecule has 4 nitrogen and oxygen atoms in total. The van der Waals surface area contributed by atoms with Crippen LogP contribution in [0.2, 0.25) is 0 Å². The molecule has 1 aromatic carbocycles. The van der Waals surface area contributed by atoms with E-state index in [4.69, 9.17) is 10.9 Å². The van der Waals surface area contributed by atoms with Crippen LogP contribution in [0.25, 0.3) is 0 Å². The number of carboxylic acids is 1. The SMILES string of the molecule is CCCCCNN.Cc1ccccc1C(=O)O. The number of rotatable bonds is 5. The molecule has 0 amide bonds. The number of benzene rings is 1. The zero-order valence-corrected chi connectivity index (χ0v) is 10.6. The normalized spacial score (nSPS) is 9.35. The van der Waals surface area contributed by atoms with E-state index in [0.29, 0.717) is 5.56 Å². The molecule has 17 heavy (non-hydrogen) atoms. The van der Waals surface area contributed by atoms with Gasteiger partial charge < -0.3 is 5.11 Å². The van der Waals surface area contributed by atoms with Crippen LogP contribution in [-0.2, 0) is 0 Å². The Morgan fingerprint density at radius 1 is 1.35 bits per heavy atom. The summed E-state index contributed by atoms with van der Waals surface area (Å²) >= 11 is 0. The minimum Gasteiger partial charge on any atom is -0.478 e. The first-order valence-corrected chi connectivity index (χ1v) is 5.85. The van der Waals surface area contributed by atoms with Gasteiger partial charge in [0.15, 0.2) is 0 Å². The molecule has 0 heterocycles. The van der Waals surface area contributed by atoms with Crippen LogP contribution < -0.4 is 11.3 Å². The number of hydrogen-bond acceptors (Lipinski definition) is 3. The van der Waals surface area contributed by atoms with Crippen LogP contribution in [0.5, 0.6) is 0 Å². The molecule has 4 heteroatoms. The molecule has 1 aromatic rings. The van der Waals surface area contributed by atoms with Gasteiger partial charge in [0.05, 0.1) is 5.56 Å². The van der Waals surface area contributed by atoms with Crippen LogP contribution in [-0.4, -0.2) is 17.6 Å². The fourth-order valence-corrected chi connectivity index (χ4v) is 1.29. The lowest BCUT2D eigenvalue weighted by atomic mass is 10.1.